The lowest BCUT2D eigenvalue weighted by Crippen LogP contribution is -2.53. The predicted octanol–water partition coefficient (Wildman–Crippen LogP) is 8.03. The fourth-order valence-electron chi connectivity index (χ4n) is 6.47. The molecule has 44 heavy (non-hydrogen) atoms. The molecule has 1 saturated heterocycles. The molecule has 0 unspecified atom stereocenters. The molecule has 1 fully saturated rings. The van der Waals surface area contributed by atoms with Crippen molar-refractivity contribution in [2.24, 2.45) is 0 Å². The SMILES string of the molecule is CC(C)(C)OC(=O)N1CCC[C@H]1[C@@]1(c2ccccc2)Cc2c(cc(F)c(Cl)c2-c2c(C#N)cc3c(c2F)OC(C)(C)OC3)O1. The first-order chi connectivity index (χ1) is 20.7. The fraction of sp³-hybridized carbons (Fsp3) is 0.412. The lowest BCUT2D eigenvalue weighted by molar-refractivity contribution is -0.181. The monoisotopic (exact) mass is 622 g/mol. The van der Waals surface area contributed by atoms with Crippen LogP contribution in [0.1, 0.15) is 69.7 Å². The Morgan fingerprint density at radius 2 is 1.86 bits per heavy atom. The van der Waals surface area contributed by atoms with Crippen molar-refractivity contribution in [2.45, 2.75) is 83.5 Å². The first kappa shape index (κ1) is 30.2. The van der Waals surface area contributed by atoms with Gasteiger partial charge in [-0.15, -0.1) is 0 Å². The molecule has 6 rings (SSSR count). The summed E-state index contributed by atoms with van der Waals surface area (Å²) in [7, 11) is 0. The molecule has 0 saturated carbocycles. The Hall–Kier alpha value is -3.87. The number of nitrogens with zero attached hydrogens (tertiary/aromatic N) is 2. The molecule has 0 spiro atoms. The van der Waals surface area contributed by atoms with E-state index in [2.05, 4.69) is 6.07 Å². The Balaban J connectivity index is 1.54. The van der Waals surface area contributed by atoms with Crippen LogP contribution >= 0.6 is 11.6 Å². The number of halogens is 3. The van der Waals surface area contributed by atoms with Gasteiger partial charge in [-0.25, -0.2) is 13.6 Å². The van der Waals surface area contributed by atoms with E-state index in [-0.39, 0.29) is 46.2 Å². The van der Waals surface area contributed by atoms with Crippen molar-refractivity contribution in [1.82, 2.24) is 4.90 Å². The molecular formula is C34H33ClF2N2O5. The summed E-state index contributed by atoms with van der Waals surface area (Å²) in [5.41, 5.74) is -0.541. The maximum absolute atomic E-state index is 16.5. The zero-order valence-electron chi connectivity index (χ0n) is 25.2. The van der Waals surface area contributed by atoms with Crippen LogP contribution in [0.2, 0.25) is 5.02 Å². The van der Waals surface area contributed by atoms with Gasteiger partial charge in [0.2, 0.25) is 5.79 Å². The van der Waals surface area contributed by atoms with Gasteiger partial charge >= 0.3 is 6.09 Å². The van der Waals surface area contributed by atoms with Gasteiger partial charge in [0.1, 0.15) is 17.2 Å². The Morgan fingerprint density at radius 3 is 2.55 bits per heavy atom. The van der Waals surface area contributed by atoms with Crippen LogP contribution in [-0.4, -0.2) is 35.0 Å². The van der Waals surface area contributed by atoms with Crippen LogP contribution in [-0.2, 0) is 28.1 Å². The van der Waals surface area contributed by atoms with E-state index in [0.29, 0.717) is 30.5 Å². The number of carbonyl (C=O) groups is 1. The molecule has 230 valence electrons. The van der Waals surface area contributed by atoms with Gasteiger partial charge in [-0.2, -0.15) is 5.26 Å². The summed E-state index contributed by atoms with van der Waals surface area (Å²) in [5, 5.41) is 9.80. The molecule has 3 heterocycles. The molecule has 7 nitrogen and oxygen atoms in total. The van der Waals surface area contributed by atoms with Crippen LogP contribution in [0.3, 0.4) is 0 Å². The zero-order valence-corrected chi connectivity index (χ0v) is 26.0. The van der Waals surface area contributed by atoms with Crippen LogP contribution in [0, 0.1) is 23.0 Å². The highest BCUT2D eigenvalue weighted by atomic mass is 35.5. The van der Waals surface area contributed by atoms with Gasteiger partial charge in [0.15, 0.2) is 17.2 Å². The molecule has 0 bridgehead atoms. The van der Waals surface area contributed by atoms with Crippen molar-refractivity contribution >= 4 is 17.7 Å². The second kappa shape index (κ2) is 10.6. The predicted molar refractivity (Wildman–Crippen MR) is 159 cm³/mol. The first-order valence-electron chi connectivity index (χ1n) is 14.6. The third kappa shape index (κ3) is 5.04. The molecule has 0 aromatic heterocycles. The van der Waals surface area contributed by atoms with E-state index in [1.54, 1.807) is 39.5 Å². The number of hydrogen-bond donors (Lipinski definition) is 0. The van der Waals surface area contributed by atoms with Crippen LogP contribution in [0.15, 0.2) is 42.5 Å². The van der Waals surface area contributed by atoms with Crippen molar-refractivity contribution in [3.63, 3.8) is 0 Å². The molecule has 3 aliphatic heterocycles. The summed E-state index contributed by atoms with van der Waals surface area (Å²) >= 11 is 6.65. The molecule has 3 aromatic rings. The van der Waals surface area contributed by atoms with E-state index >= 15 is 8.78 Å². The Bertz CT molecular complexity index is 1700. The van der Waals surface area contributed by atoms with Gasteiger partial charge in [-0.1, -0.05) is 41.9 Å². The van der Waals surface area contributed by atoms with E-state index in [4.69, 9.17) is 30.5 Å². The number of amides is 1. The molecule has 10 heteroatoms. The average Bonchev–Trinajstić information content (AvgIpc) is 3.60. The molecular weight excluding hydrogens is 590 g/mol. The Labute approximate surface area is 260 Å². The van der Waals surface area contributed by atoms with Crippen molar-refractivity contribution in [1.29, 1.82) is 5.26 Å². The number of hydrogen-bond acceptors (Lipinski definition) is 6. The lowest BCUT2D eigenvalue weighted by Gasteiger charge is -2.40. The van der Waals surface area contributed by atoms with Crippen LogP contribution in [0.25, 0.3) is 11.1 Å². The molecule has 3 aliphatic rings. The molecule has 2 atom stereocenters. The third-order valence-electron chi connectivity index (χ3n) is 8.29. The van der Waals surface area contributed by atoms with Gasteiger partial charge in [0, 0.05) is 55.1 Å². The summed E-state index contributed by atoms with van der Waals surface area (Å²) in [6.45, 7) is 9.20. The minimum atomic E-state index is -1.17. The average molecular weight is 623 g/mol. The summed E-state index contributed by atoms with van der Waals surface area (Å²) in [6, 6.07) is 13.6. The number of carbonyl (C=O) groups excluding carboxylic acids is 1. The van der Waals surface area contributed by atoms with Gasteiger partial charge in [-0.05, 0) is 45.2 Å². The largest absolute Gasteiger partial charge is 0.480 e. The Kier molecular flexibility index (Phi) is 7.29. The lowest BCUT2D eigenvalue weighted by atomic mass is 9.79. The summed E-state index contributed by atoms with van der Waals surface area (Å²) in [6.07, 6.45) is 0.942. The van der Waals surface area contributed by atoms with E-state index in [9.17, 15) is 10.1 Å². The smallest absolute Gasteiger partial charge is 0.410 e. The normalized spacial score (nSPS) is 22.0. The third-order valence-corrected chi connectivity index (χ3v) is 8.66. The number of nitriles is 1. The van der Waals surface area contributed by atoms with Gasteiger partial charge in [0.25, 0.3) is 0 Å². The molecule has 0 aliphatic carbocycles. The van der Waals surface area contributed by atoms with E-state index in [1.807, 2.05) is 30.3 Å². The maximum atomic E-state index is 16.5. The second-order valence-electron chi connectivity index (χ2n) is 12.9. The molecule has 0 radical (unpaired) electrons. The minimum Gasteiger partial charge on any atom is -0.480 e. The van der Waals surface area contributed by atoms with Crippen LogP contribution < -0.4 is 9.47 Å². The van der Waals surface area contributed by atoms with Gasteiger partial charge in [0.05, 0.1) is 29.3 Å². The number of likely N-dealkylation sites (tertiary alicyclic amines) is 1. The van der Waals surface area contributed by atoms with E-state index < -0.39 is 40.8 Å². The summed E-state index contributed by atoms with van der Waals surface area (Å²) in [5.74, 6) is -2.70. The van der Waals surface area contributed by atoms with Crippen molar-refractivity contribution < 1.29 is 32.5 Å². The number of fused-ring (bicyclic) bond motifs is 2. The standard InChI is InChI=1S/C34H33ClF2N2O5/c1-32(2,3)44-31(40)39-13-9-12-25(39)34(21-10-7-6-8-11-21)16-22-24(42-34)15-23(36)28(35)27(22)26-19(17-38)14-20-18-41-33(4,5)43-30(20)29(26)37/h6-8,10-11,14-15,25H,9,12-13,16,18H2,1-5H3/t25-,34-/m0/s1. The topological polar surface area (TPSA) is 81.0 Å². The summed E-state index contributed by atoms with van der Waals surface area (Å²) < 4.78 is 56.1. The highest BCUT2D eigenvalue weighted by molar-refractivity contribution is 6.34. The van der Waals surface area contributed by atoms with E-state index in [1.165, 1.54) is 12.1 Å². The molecule has 0 N–H and O–H groups in total. The van der Waals surface area contributed by atoms with Gasteiger partial charge in [-0.3, -0.25) is 0 Å². The molecule has 3 aromatic carbocycles. The van der Waals surface area contributed by atoms with Gasteiger partial charge < -0.3 is 23.8 Å². The van der Waals surface area contributed by atoms with E-state index in [0.717, 1.165) is 5.56 Å². The first-order valence-corrected chi connectivity index (χ1v) is 15.0. The van der Waals surface area contributed by atoms with Crippen molar-refractivity contribution in [3.05, 3.63) is 81.4 Å². The second-order valence-corrected chi connectivity index (χ2v) is 13.3. The van der Waals surface area contributed by atoms with Crippen LogP contribution in [0.4, 0.5) is 13.6 Å². The van der Waals surface area contributed by atoms with Crippen LogP contribution in [0.5, 0.6) is 11.5 Å². The number of rotatable bonds is 3. The molecule has 1 amide bonds. The zero-order chi connectivity index (χ0) is 31.6. The number of benzene rings is 3. The highest BCUT2D eigenvalue weighted by Gasteiger charge is 2.54. The number of ether oxygens (including phenoxy) is 4. The fourth-order valence-corrected chi connectivity index (χ4v) is 6.74. The quantitative estimate of drug-likeness (QED) is 0.294. The maximum Gasteiger partial charge on any atom is 0.410 e. The summed E-state index contributed by atoms with van der Waals surface area (Å²) in [4.78, 5) is 15.1. The van der Waals surface area contributed by atoms with Crippen molar-refractivity contribution in [2.75, 3.05) is 6.54 Å². The van der Waals surface area contributed by atoms with Crippen molar-refractivity contribution in [3.8, 4) is 28.7 Å². The highest BCUT2D eigenvalue weighted by Crippen LogP contribution is 2.54. The minimum absolute atomic E-state index is 0.0195. The Morgan fingerprint density at radius 1 is 1.14 bits per heavy atom.